The van der Waals surface area contributed by atoms with Crippen LogP contribution in [-0.2, 0) is 6.54 Å². The zero-order valence-corrected chi connectivity index (χ0v) is 10.7. The molecule has 94 valence electrons. The van der Waals surface area contributed by atoms with Crippen LogP contribution in [0, 0.1) is 5.92 Å². The van der Waals surface area contributed by atoms with Gasteiger partial charge in [0.05, 0.1) is 0 Å². The number of aromatic amines is 1. The average molecular weight is 248 g/mol. The largest absolute Gasteiger partial charge is 0.372 e. The second-order valence-corrected chi connectivity index (χ2v) is 5.27. The van der Waals surface area contributed by atoms with Crippen LogP contribution in [0.1, 0.15) is 5.56 Å². The number of aromatic nitrogens is 1. The first-order chi connectivity index (χ1) is 9.40. The van der Waals surface area contributed by atoms with Gasteiger partial charge in [-0.05, 0) is 17.2 Å². The summed E-state index contributed by atoms with van der Waals surface area (Å²) in [5.74, 6) is 0.579. The van der Waals surface area contributed by atoms with E-state index in [0.29, 0.717) is 5.92 Å². The maximum absolute atomic E-state index is 3.35. The summed E-state index contributed by atoms with van der Waals surface area (Å²) in [6.45, 7) is 2.07. The number of para-hydroxylation sites is 1. The van der Waals surface area contributed by atoms with Crippen LogP contribution < -0.4 is 0 Å². The highest BCUT2D eigenvalue weighted by atomic mass is 15.1. The van der Waals surface area contributed by atoms with Gasteiger partial charge in [0.2, 0.25) is 0 Å². The Labute approximate surface area is 112 Å². The normalized spacial score (nSPS) is 20.9. The van der Waals surface area contributed by atoms with E-state index in [0.717, 1.165) is 13.1 Å². The smallest absolute Gasteiger partial charge is 0.0457 e. The molecule has 0 saturated heterocycles. The van der Waals surface area contributed by atoms with Gasteiger partial charge in [-0.15, -0.1) is 0 Å². The zero-order valence-electron chi connectivity index (χ0n) is 10.7. The molecule has 0 radical (unpaired) electrons. The Morgan fingerprint density at radius 1 is 1.21 bits per heavy atom. The average Bonchev–Trinajstić information content (AvgIpc) is 3.03. The molecule has 4 rings (SSSR count). The number of nitrogens with zero attached hydrogens (tertiary/aromatic N) is 1. The highest BCUT2D eigenvalue weighted by Gasteiger charge is 2.22. The summed E-state index contributed by atoms with van der Waals surface area (Å²) in [6, 6.07) is 8.50. The molecule has 2 heterocycles. The van der Waals surface area contributed by atoms with Crippen molar-refractivity contribution >= 4 is 10.9 Å². The van der Waals surface area contributed by atoms with E-state index in [2.05, 4.69) is 70.9 Å². The van der Waals surface area contributed by atoms with Crippen LogP contribution >= 0.6 is 0 Å². The molecule has 1 aromatic carbocycles. The number of fused-ring (bicyclic) bond motifs is 2. The van der Waals surface area contributed by atoms with Gasteiger partial charge in [-0.2, -0.15) is 0 Å². The fourth-order valence-electron chi connectivity index (χ4n) is 3.01. The molecule has 0 fully saturated rings. The summed E-state index contributed by atoms with van der Waals surface area (Å²) in [6.07, 6.45) is 13.2. The van der Waals surface area contributed by atoms with Crippen LogP contribution in [0.2, 0.25) is 0 Å². The van der Waals surface area contributed by atoms with Crippen molar-refractivity contribution in [1.29, 1.82) is 0 Å². The second kappa shape index (κ2) is 4.16. The van der Waals surface area contributed by atoms with Gasteiger partial charge < -0.3 is 9.88 Å². The van der Waals surface area contributed by atoms with Crippen molar-refractivity contribution in [2.24, 2.45) is 5.92 Å². The van der Waals surface area contributed by atoms with Crippen molar-refractivity contribution in [2.75, 3.05) is 6.54 Å². The quantitative estimate of drug-likeness (QED) is 0.860. The van der Waals surface area contributed by atoms with Crippen LogP contribution in [0.25, 0.3) is 10.9 Å². The number of hydrogen-bond donors (Lipinski definition) is 1. The Balaban J connectivity index is 1.61. The Morgan fingerprint density at radius 2 is 2.16 bits per heavy atom. The van der Waals surface area contributed by atoms with Crippen LogP contribution in [0.4, 0.5) is 0 Å². The van der Waals surface area contributed by atoms with Crippen molar-refractivity contribution in [3.05, 3.63) is 72.1 Å². The lowest BCUT2D eigenvalue weighted by Crippen LogP contribution is -2.17. The molecular weight excluding hydrogens is 232 g/mol. The minimum absolute atomic E-state index is 0.579. The molecule has 2 aromatic rings. The molecule has 1 atom stereocenters. The third kappa shape index (κ3) is 1.80. The predicted molar refractivity (Wildman–Crippen MR) is 78.6 cm³/mol. The Morgan fingerprint density at radius 3 is 3.11 bits per heavy atom. The Hall–Kier alpha value is -2.22. The molecule has 0 spiro atoms. The number of allylic oxidation sites excluding steroid dienone is 3. The molecule has 0 bridgehead atoms. The van der Waals surface area contributed by atoms with E-state index in [1.807, 2.05) is 0 Å². The molecular formula is C17H16N2. The molecule has 2 nitrogen and oxygen atoms in total. The lowest BCUT2D eigenvalue weighted by molar-refractivity contribution is 0.381. The van der Waals surface area contributed by atoms with Crippen molar-refractivity contribution in [1.82, 2.24) is 9.88 Å². The number of benzene rings is 1. The lowest BCUT2D eigenvalue weighted by atomic mass is 9.98. The minimum Gasteiger partial charge on any atom is -0.372 e. The van der Waals surface area contributed by atoms with Crippen molar-refractivity contribution in [3.8, 4) is 0 Å². The molecule has 0 amide bonds. The summed E-state index contributed by atoms with van der Waals surface area (Å²) >= 11 is 0. The maximum Gasteiger partial charge on any atom is 0.0457 e. The van der Waals surface area contributed by atoms with Gasteiger partial charge >= 0.3 is 0 Å². The van der Waals surface area contributed by atoms with E-state index >= 15 is 0 Å². The Bertz CT molecular complexity index is 703. The highest BCUT2D eigenvalue weighted by Crippen LogP contribution is 2.29. The minimum atomic E-state index is 0.579. The molecule has 1 unspecified atom stereocenters. The summed E-state index contributed by atoms with van der Waals surface area (Å²) in [5, 5.41) is 1.34. The van der Waals surface area contributed by atoms with Gasteiger partial charge in [-0.3, -0.25) is 0 Å². The van der Waals surface area contributed by atoms with E-state index < -0.39 is 0 Å². The van der Waals surface area contributed by atoms with E-state index in [4.69, 9.17) is 0 Å². The maximum atomic E-state index is 3.35. The molecule has 1 N–H and O–H groups in total. The number of nitrogens with one attached hydrogen (secondary N) is 1. The first kappa shape index (κ1) is 10.7. The van der Waals surface area contributed by atoms with Crippen LogP contribution in [-0.4, -0.2) is 16.4 Å². The highest BCUT2D eigenvalue weighted by molar-refractivity contribution is 5.83. The van der Waals surface area contributed by atoms with Gasteiger partial charge in [0, 0.05) is 42.3 Å². The third-order valence-corrected chi connectivity index (χ3v) is 3.98. The van der Waals surface area contributed by atoms with Gasteiger partial charge in [0.1, 0.15) is 0 Å². The molecule has 0 saturated carbocycles. The van der Waals surface area contributed by atoms with E-state index in [1.165, 1.54) is 22.0 Å². The van der Waals surface area contributed by atoms with Crippen LogP contribution in [0.3, 0.4) is 0 Å². The van der Waals surface area contributed by atoms with Crippen molar-refractivity contribution in [2.45, 2.75) is 6.54 Å². The van der Waals surface area contributed by atoms with Gasteiger partial charge in [-0.25, -0.2) is 0 Å². The molecule has 19 heavy (non-hydrogen) atoms. The van der Waals surface area contributed by atoms with Gasteiger partial charge in [-0.1, -0.05) is 42.5 Å². The summed E-state index contributed by atoms with van der Waals surface area (Å²) in [5.41, 5.74) is 4.03. The predicted octanol–water partition coefficient (Wildman–Crippen LogP) is 3.61. The zero-order chi connectivity index (χ0) is 12.7. The van der Waals surface area contributed by atoms with E-state index in [1.54, 1.807) is 0 Å². The molecule has 2 aliphatic rings. The summed E-state index contributed by atoms with van der Waals surface area (Å²) in [7, 11) is 0. The first-order valence-electron chi connectivity index (χ1n) is 6.76. The van der Waals surface area contributed by atoms with Crippen LogP contribution in [0.5, 0.6) is 0 Å². The van der Waals surface area contributed by atoms with Crippen molar-refractivity contribution < 1.29 is 0 Å². The summed E-state index contributed by atoms with van der Waals surface area (Å²) < 4.78 is 0. The number of rotatable bonds is 2. The molecule has 1 aliphatic heterocycles. The van der Waals surface area contributed by atoms with Crippen LogP contribution in [0.15, 0.2) is 66.5 Å². The molecule has 2 heteroatoms. The topological polar surface area (TPSA) is 19.0 Å². The van der Waals surface area contributed by atoms with E-state index in [-0.39, 0.29) is 0 Å². The first-order valence-corrected chi connectivity index (χ1v) is 6.76. The van der Waals surface area contributed by atoms with Gasteiger partial charge in [0.25, 0.3) is 0 Å². The Kier molecular flexibility index (Phi) is 2.34. The third-order valence-electron chi connectivity index (χ3n) is 3.98. The fourth-order valence-corrected chi connectivity index (χ4v) is 3.01. The van der Waals surface area contributed by atoms with Crippen molar-refractivity contribution in [3.63, 3.8) is 0 Å². The summed E-state index contributed by atoms with van der Waals surface area (Å²) in [4.78, 5) is 5.76. The number of H-pyrrole nitrogens is 1. The number of hydrogen-bond acceptors (Lipinski definition) is 1. The monoisotopic (exact) mass is 248 g/mol. The lowest BCUT2D eigenvalue weighted by Gasteiger charge is -2.16. The fraction of sp³-hybridized carbons (Fsp3) is 0.176. The SMILES string of the molecule is C1=CC2=CN(Cc3c[nH]c4ccccc34)CC2C=C1. The second-order valence-electron chi connectivity index (χ2n) is 5.27. The van der Waals surface area contributed by atoms with Gasteiger partial charge in [0.15, 0.2) is 0 Å². The standard InChI is InChI=1S/C17H16N2/c1-2-6-14-11-19(10-13(14)5-1)12-15-9-18-17-8-4-3-7-16(15)17/h1-10,14,18H,11-12H2. The van der Waals surface area contributed by atoms with E-state index in [9.17, 15) is 0 Å². The molecule has 1 aromatic heterocycles. The molecule has 1 aliphatic carbocycles.